The summed E-state index contributed by atoms with van der Waals surface area (Å²) in [6.45, 7) is 1.95. The second kappa shape index (κ2) is 6.76. The van der Waals surface area contributed by atoms with Crippen molar-refractivity contribution in [3.05, 3.63) is 75.3 Å². The lowest BCUT2D eigenvalue weighted by Gasteiger charge is -2.31. The van der Waals surface area contributed by atoms with Crippen LogP contribution in [0.5, 0.6) is 0 Å². The van der Waals surface area contributed by atoms with Gasteiger partial charge in [-0.15, -0.1) is 10.2 Å². The number of hydrogen-bond donors (Lipinski definition) is 1. The van der Waals surface area contributed by atoms with Gasteiger partial charge in [-0.3, -0.25) is 4.79 Å². The number of nitriles is 1. The Morgan fingerprint density at radius 1 is 1.37 bits per heavy atom. The molecule has 2 aromatic carbocycles. The standard InChI is InChI=1S/C20H15ClN4OS/c1-20(18(26)24-19-25-23-11-27-19)9-14-6-5-12(10-22)7-16(14)17(20)13-3-2-4-15(21)8-13/h2-8,11,17H,9H2,1H3,(H,24,25,26)/t17-,20+/m1/s1. The van der Waals surface area contributed by atoms with E-state index in [-0.39, 0.29) is 11.8 Å². The first-order valence-corrected chi connectivity index (χ1v) is 9.63. The van der Waals surface area contributed by atoms with Crippen LogP contribution in [0.2, 0.25) is 5.02 Å². The van der Waals surface area contributed by atoms with Crippen molar-refractivity contribution in [3.8, 4) is 6.07 Å². The Hall–Kier alpha value is -2.75. The highest BCUT2D eigenvalue weighted by Crippen LogP contribution is 2.51. The number of rotatable bonds is 3. The number of carbonyl (C=O) groups is 1. The number of fused-ring (bicyclic) bond motifs is 1. The largest absolute Gasteiger partial charge is 0.300 e. The number of amides is 1. The van der Waals surface area contributed by atoms with E-state index < -0.39 is 5.41 Å². The Labute approximate surface area is 165 Å². The number of halogens is 1. The Kier molecular flexibility index (Phi) is 4.42. The lowest BCUT2D eigenvalue weighted by atomic mass is 9.73. The fraction of sp³-hybridized carbons (Fsp3) is 0.200. The number of aromatic nitrogens is 2. The quantitative estimate of drug-likeness (QED) is 0.714. The van der Waals surface area contributed by atoms with Gasteiger partial charge in [-0.25, -0.2) is 0 Å². The first kappa shape index (κ1) is 17.7. The molecule has 1 aromatic heterocycles. The summed E-state index contributed by atoms with van der Waals surface area (Å²) in [7, 11) is 0. The molecule has 0 radical (unpaired) electrons. The van der Waals surface area contributed by atoms with Crippen molar-refractivity contribution >= 4 is 34.0 Å². The molecule has 134 valence electrons. The molecule has 1 aliphatic carbocycles. The molecule has 1 aliphatic rings. The van der Waals surface area contributed by atoms with Crippen LogP contribution in [-0.2, 0) is 11.2 Å². The lowest BCUT2D eigenvalue weighted by molar-refractivity contribution is -0.125. The third-order valence-electron chi connectivity index (χ3n) is 5.06. The van der Waals surface area contributed by atoms with E-state index in [4.69, 9.17) is 11.6 Å². The van der Waals surface area contributed by atoms with Crippen molar-refractivity contribution in [2.24, 2.45) is 5.41 Å². The summed E-state index contributed by atoms with van der Waals surface area (Å²) in [5.74, 6) is -0.341. The van der Waals surface area contributed by atoms with Gasteiger partial charge in [-0.2, -0.15) is 5.26 Å². The van der Waals surface area contributed by atoms with Gasteiger partial charge in [0.05, 0.1) is 17.0 Å². The molecule has 1 N–H and O–H groups in total. The Morgan fingerprint density at radius 3 is 2.93 bits per heavy atom. The minimum absolute atomic E-state index is 0.126. The molecule has 27 heavy (non-hydrogen) atoms. The summed E-state index contributed by atoms with van der Waals surface area (Å²) >= 11 is 7.51. The van der Waals surface area contributed by atoms with Gasteiger partial charge < -0.3 is 5.32 Å². The lowest BCUT2D eigenvalue weighted by Crippen LogP contribution is -2.37. The van der Waals surface area contributed by atoms with Crippen LogP contribution in [0.25, 0.3) is 0 Å². The van der Waals surface area contributed by atoms with Gasteiger partial charge in [0.15, 0.2) is 0 Å². The van der Waals surface area contributed by atoms with Crippen molar-refractivity contribution in [2.45, 2.75) is 19.3 Å². The molecule has 0 saturated carbocycles. The van der Waals surface area contributed by atoms with E-state index in [1.807, 2.05) is 43.3 Å². The number of benzene rings is 2. The van der Waals surface area contributed by atoms with Crippen LogP contribution < -0.4 is 5.32 Å². The van der Waals surface area contributed by atoms with Gasteiger partial charge in [0.2, 0.25) is 11.0 Å². The van der Waals surface area contributed by atoms with Gasteiger partial charge >= 0.3 is 0 Å². The zero-order valence-corrected chi connectivity index (χ0v) is 16.0. The predicted molar refractivity (Wildman–Crippen MR) is 105 cm³/mol. The first-order chi connectivity index (χ1) is 13.0. The van der Waals surface area contributed by atoms with E-state index in [1.165, 1.54) is 11.3 Å². The van der Waals surface area contributed by atoms with E-state index in [1.54, 1.807) is 11.6 Å². The molecule has 7 heteroatoms. The molecule has 2 atom stereocenters. The fourth-order valence-corrected chi connectivity index (χ4v) is 4.49. The molecule has 0 unspecified atom stereocenters. The highest BCUT2D eigenvalue weighted by Gasteiger charge is 2.49. The Bertz CT molecular complexity index is 1060. The molecular formula is C20H15ClN4OS. The number of hydrogen-bond acceptors (Lipinski definition) is 5. The zero-order valence-electron chi connectivity index (χ0n) is 14.4. The van der Waals surface area contributed by atoms with Crippen LogP contribution in [0.3, 0.4) is 0 Å². The molecule has 1 heterocycles. The molecule has 0 spiro atoms. The number of nitrogens with one attached hydrogen (secondary N) is 1. The summed E-state index contributed by atoms with van der Waals surface area (Å²) in [4.78, 5) is 13.3. The normalized spacial score (nSPS) is 20.7. The van der Waals surface area contributed by atoms with Gasteiger partial charge in [0.1, 0.15) is 5.51 Å². The second-order valence-electron chi connectivity index (χ2n) is 6.81. The van der Waals surface area contributed by atoms with Crippen LogP contribution in [0.15, 0.2) is 48.0 Å². The SMILES string of the molecule is C[C@]1(C(=O)Nc2nncs2)Cc2ccc(C#N)cc2[C@H]1c1cccc(Cl)c1. The highest BCUT2D eigenvalue weighted by atomic mass is 35.5. The minimum atomic E-state index is -0.743. The molecule has 0 aliphatic heterocycles. The molecule has 0 saturated heterocycles. The highest BCUT2D eigenvalue weighted by molar-refractivity contribution is 7.13. The van der Waals surface area contributed by atoms with Gasteiger partial charge in [-0.1, -0.05) is 41.1 Å². The smallest absolute Gasteiger partial charge is 0.233 e. The van der Waals surface area contributed by atoms with Crippen molar-refractivity contribution in [3.63, 3.8) is 0 Å². The Balaban J connectivity index is 1.83. The van der Waals surface area contributed by atoms with Crippen LogP contribution in [-0.4, -0.2) is 16.1 Å². The molecule has 5 nitrogen and oxygen atoms in total. The van der Waals surface area contributed by atoms with Crippen LogP contribution in [0, 0.1) is 16.7 Å². The molecule has 0 bridgehead atoms. The monoisotopic (exact) mass is 394 g/mol. The maximum atomic E-state index is 13.3. The molecule has 3 aromatic rings. The average molecular weight is 395 g/mol. The third-order valence-corrected chi connectivity index (χ3v) is 5.90. The summed E-state index contributed by atoms with van der Waals surface area (Å²) in [5.41, 5.74) is 4.42. The topological polar surface area (TPSA) is 78.7 Å². The summed E-state index contributed by atoms with van der Waals surface area (Å²) in [5, 5.41) is 21.0. The van der Waals surface area contributed by atoms with Gasteiger partial charge in [0.25, 0.3) is 0 Å². The number of carbonyl (C=O) groups excluding carboxylic acids is 1. The average Bonchev–Trinajstić information content (AvgIpc) is 3.26. The Morgan fingerprint density at radius 2 is 2.22 bits per heavy atom. The number of nitrogens with zero attached hydrogens (tertiary/aromatic N) is 3. The van der Waals surface area contributed by atoms with E-state index in [2.05, 4.69) is 21.6 Å². The maximum Gasteiger partial charge on any atom is 0.233 e. The van der Waals surface area contributed by atoms with Crippen molar-refractivity contribution in [1.29, 1.82) is 5.26 Å². The van der Waals surface area contributed by atoms with Crippen molar-refractivity contribution < 1.29 is 4.79 Å². The molecule has 1 amide bonds. The van der Waals surface area contributed by atoms with Gasteiger partial charge in [0, 0.05) is 10.9 Å². The van der Waals surface area contributed by atoms with Crippen LogP contribution >= 0.6 is 22.9 Å². The molecular weight excluding hydrogens is 380 g/mol. The summed E-state index contributed by atoms with van der Waals surface area (Å²) in [6.07, 6.45) is 0.565. The maximum absolute atomic E-state index is 13.3. The zero-order chi connectivity index (χ0) is 19.0. The summed E-state index contributed by atoms with van der Waals surface area (Å²) < 4.78 is 0. The van der Waals surface area contributed by atoms with Crippen molar-refractivity contribution in [2.75, 3.05) is 5.32 Å². The third kappa shape index (κ3) is 3.09. The number of anilines is 1. The van der Waals surface area contributed by atoms with Crippen molar-refractivity contribution in [1.82, 2.24) is 10.2 Å². The minimum Gasteiger partial charge on any atom is -0.300 e. The first-order valence-electron chi connectivity index (χ1n) is 8.37. The fourth-order valence-electron chi connectivity index (χ4n) is 3.85. The van der Waals surface area contributed by atoms with E-state index in [0.717, 1.165) is 16.7 Å². The predicted octanol–water partition coefficient (Wildman–Crippen LogP) is 4.40. The van der Waals surface area contributed by atoms with E-state index >= 15 is 0 Å². The van der Waals surface area contributed by atoms with Gasteiger partial charge in [-0.05, 0) is 54.3 Å². The van der Waals surface area contributed by atoms with Crippen LogP contribution in [0.1, 0.15) is 35.1 Å². The second-order valence-corrected chi connectivity index (χ2v) is 8.08. The van der Waals surface area contributed by atoms with E-state index in [0.29, 0.717) is 22.1 Å². The molecule has 4 rings (SSSR count). The van der Waals surface area contributed by atoms with Crippen LogP contribution in [0.4, 0.5) is 5.13 Å². The molecule has 0 fully saturated rings. The van der Waals surface area contributed by atoms with E-state index in [9.17, 15) is 10.1 Å². The summed E-state index contributed by atoms with van der Waals surface area (Å²) in [6, 6.07) is 15.4.